The number of rotatable bonds is 7. The zero-order valence-electron chi connectivity index (χ0n) is 17.5. The SMILES string of the molecule is CCOc1cc(CNC(=NC)N2CCN(c3ncccn3)CC2)ccc1OC(F)F.I. The van der Waals surface area contributed by atoms with Crippen LogP contribution in [0.15, 0.2) is 41.7 Å². The van der Waals surface area contributed by atoms with Crippen LogP contribution in [0.5, 0.6) is 11.5 Å². The van der Waals surface area contributed by atoms with Crippen LogP contribution in [0, 0.1) is 0 Å². The van der Waals surface area contributed by atoms with Crippen molar-refractivity contribution in [1.82, 2.24) is 20.2 Å². The van der Waals surface area contributed by atoms with Crippen molar-refractivity contribution >= 4 is 35.9 Å². The van der Waals surface area contributed by atoms with E-state index in [1.54, 1.807) is 44.6 Å². The molecule has 0 spiro atoms. The summed E-state index contributed by atoms with van der Waals surface area (Å²) in [5.74, 6) is 1.83. The number of halogens is 3. The summed E-state index contributed by atoms with van der Waals surface area (Å²) >= 11 is 0. The molecule has 170 valence electrons. The highest BCUT2D eigenvalue weighted by molar-refractivity contribution is 14.0. The van der Waals surface area contributed by atoms with Crippen LogP contribution in [0.2, 0.25) is 0 Å². The quantitative estimate of drug-likeness (QED) is 0.324. The highest BCUT2D eigenvalue weighted by atomic mass is 127. The topological polar surface area (TPSA) is 75.1 Å². The molecule has 1 saturated heterocycles. The molecule has 0 amide bonds. The summed E-state index contributed by atoms with van der Waals surface area (Å²) in [6.07, 6.45) is 3.48. The first-order valence-corrected chi connectivity index (χ1v) is 9.78. The molecule has 0 saturated carbocycles. The van der Waals surface area contributed by atoms with Gasteiger partial charge in [0, 0.05) is 52.2 Å². The Kier molecular flexibility index (Phi) is 9.95. The van der Waals surface area contributed by atoms with Gasteiger partial charge in [0.2, 0.25) is 5.95 Å². The Morgan fingerprint density at radius 1 is 1.16 bits per heavy atom. The summed E-state index contributed by atoms with van der Waals surface area (Å²) in [6, 6.07) is 6.72. The second-order valence-corrected chi connectivity index (χ2v) is 6.52. The van der Waals surface area contributed by atoms with E-state index in [1.165, 1.54) is 6.07 Å². The standard InChI is InChI=1S/C20H26F2N6O2.HI/c1-3-29-17-13-15(5-6-16(17)30-18(21)22)14-26-19(23-2)27-9-11-28(12-10-27)20-24-7-4-8-25-20;/h4-8,13,18H,3,9-12,14H2,1-2H3,(H,23,26);1H. The molecule has 0 aliphatic carbocycles. The normalized spacial score (nSPS) is 14.3. The van der Waals surface area contributed by atoms with Gasteiger partial charge in [0.25, 0.3) is 0 Å². The van der Waals surface area contributed by atoms with Crippen LogP contribution in [0.1, 0.15) is 12.5 Å². The van der Waals surface area contributed by atoms with Gasteiger partial charge in [0.15, 0.2) is 17.5 Å². The van der Waals surface area contributed by atoms with E-state index < -0.39 is 6.61 Å². The van der Waals surface area contributed by atoms with Crippen LogP contribution in [-0.2, 0) is 6.54 Å². The third kappa shape index (κ3) is 7.04. The van der Waals surface area contributed by atoms with E-state index in [4.69, 9.17) is 4.74 Å². The van der Waals surface area contributed by atoms with E-state index in [0.29, 0.717) is 18.9 Å². The minimum atomic E-state index is -2.90. The van der Waals surface area contributed by atoms with E-state index in [9.17, 15) is 8.78 Å². The van der Waals surface area contributed by atoms with E-state index in [2.05, 4.69) is 34.8 Å². The van der Waals surface area contributed by atoms with Crippen molar-refractivity contribution in [2.45, 2.75) is 20.1 Å². The number of hydrogen-bond acceptors (Lipinski definition) is 6. The Hall–Kier alpha value is -2.44. The van der Waals surface area contributed by atoms with Crippen LogP contribution in [0.3, 0.4) is 0 Å². The van der Waals surface area contributed by atoms with Crippen molar-refractivity contribution < 1.29 is 18.3 Å². The predicted molar refractivity (Wildman–Crippen MR) is 126 cm³/mol. The lowest BCUT2D eigenvalue weighted by atomic mass is 10.2. The second-order valence-electron chi connectivity index (χ2n) is 6.52. The number of aliphatic imine (C=N–C) groups is 1. The first kappa shape index (κ1) is 24.8. The number of aromatic nitrogens is 2. The summed E-state index contributed by atoms with van der Waals surface area (Å²) in [6.45, 7) is 2.87. The molecule has 2 aromatic rings. The van der Waals surface area contributed by atoms with E-state index >= 15 is 0 Å². The number of hydrogen-bond donors (Lipinski definition) is 1. The van der Waals surface area contributed by atoms with Gasteiger partial charge in [-0.1, -0.05) is 6.07 Å². The Balaban J connectivity index is 0.00000341. The molecule has 1 aliphatic rings. The van der Waals surface area contributed by atoms with Gasteiger partial charge in [-0.15, -0.1) is 24.0 Å². The number of guanidine groups is 1. The molecule has 0 unspecified atom stereocenters. The number of anilines is 1. The molecule has 1 aromatic heterocycles. The van der Waals surface area contributed by atoms with Crippen molar-refractivity contribution in [3.05, 3.63) is 42.2 Å². The Morgan fingerprint density at radius 3 is 2.48 bits per heavy atom. The molecule has 31 heavy (non-hydrogen) atoms. The predicted octanol–water partition coefficient (Wildman–Crippen LogP) is 2.99. The molecular formula is C20H27F2IN6O2. The van der Waals surface area contributed by atoms with Crippen molar-refractivity contribution in [3.63, 3.8) is 0 Å². The van der Waals surface area contributed by atoms with Crippen molar-refractivity contribution in [2.24, 2.45) is 4.99 Å². The molecule has 0 radical (unpaired) electrons. The van der Waals surface area contributed by atoms with Gasteiger partial charge >= 0.3 is 6.61 Å². The molecule has 11 heteroatoms. The highest BCUT2D eigenvalue weighted by Crippen LogP contribution is 2.29. The minimum Gasteiger partial charge on any atom is -0.490 e. The van der Waals surface area contributed by atoms with Crippen molar-refractivity contribution in [3.8, 4) is 11.5 Å². The molecule has 3 rings (SSSR count). The van der Waals surface area contributed by atoms with Crippen LogP contribution in [0.4, 0.5) is 14.7 Å². The lowest BCUT2D eigenvalue weighted by Crippen LogP contribution is -2.52. The summed E-state index contributed by atoms with van der Waals surface area (Å²) < 4.78 is 35.1. The first-order chi connectivity index (χ1) is 14.6. The Morgan fingerprint density at radius 2 is 1.87 bits per heavy atom. The van der Waals surface area contributed by atoms with Crippen LogP contribution < -0.4 is 19.7 Å². The fourth-order valence-electron chi connectivity index (χ4n) is 3.21. The van der Waals surface area contributed by atoms with Gasteiger partial charge in [-0.2, -0.15) is 8.78 Å². The molecule has 0 bridgehead atoms. The monoisotopic (exact) mass is 548 g/mol. The van der Waals surface area contributed by atoms with Gasteiger partial charge in [-0.3, -0.25) is 4.99 Å². The molecular weight excluding hydrogens is 521 g/mol. The summed E-state index contributed by atoms with van der Waals surface area (Å²) in [5.41, 5.74) is 0.873. The maximum atomic E-state index is 12.6. The Labute approximate surface area is 197 Å². The van der Waals surface area contributed by atoms with Gasteiger partial charge in [-0.05, 0) is 30.7 Å². The molecule has 1 N–H and O–H groups in total. The average Bonchev–Trinajstić information content (AvgIpc) is 2.77. The maximum Gasteiger partial charge on any atom is 0.387 e. The van der Waals surface area contributed by atoms with Crippen LogP contribution in [-0.4, -0.2) is 67.3 Å². The summed E-state index contributed by atoms with van der Waals surface area (Å²) in [5, 5.41) is 3.32. The number of alkyl halides is 2. The maximum absolute atomic E-state index is 12.6. The zero-order chi connectivity index (χ0) is 21.3. The largest absolute Gasteiger partial charge is 0.490 e. The molecule has 0 atom stereocenters. The Bertz CT molecular complexity index is 836. The number of benzene rings is 1. The minimum absolute atomic E-state index is 0. The second kappa shape index (κ2) is 12.4. The van der Waals surface area contributed by atoms with Crippen molar-refractivity contribution in [1.29, 1.82) is 0 Å². The van der Waals surface area contributed by atoms with Crippen LogP contribution in [0.25, 0.3) is 0 Å². The van der Waals surface area contributed by atoms with Crippen molar-refractivity contribution in [2.75, 3.05) is 44.7 Å². The molecule has 1 aliphatic heterocycles. The lowest BCUT2D eigenvalue weighted by molar-refractivity contribution is -0.0514. The first-order valence-electron chi connectivity index (χ1n) is 9.78. The zero-order valence-corrected chi connectivity index (χ0v) is 19.8. The van der Waals surface area contributed by atoms with E-state index in [0.717, 1.165) is 43.7 Å². The van der Waals surface area contributed by atoms with Gasteiger partial charge in [0.05, 0.1) is 6.61 Å². The lowest BCUT2D eigenvalue weighted by Gasteiger charge is -2.36. The summed E-state index contributed by atoms with van der Waals surface area (Å²) in [4.78, 5) is 17.3. The smallest absolute Gasteiger partial charge is 0.387 e. The average molecular weight is 548 g/mol. The van der Waals surface area contributed by atoms with E-state index in [-0.39, 0.29) is 29.7 Å². The fraction of sp³-hybridized carbons (Fsp3) is 0.450. The molecule has 1 aromatic carbocycles. The molecule has 2 heterocycles. The molecule has 1 fully saturated rings. The fourth-order valence-corrected chi connectivity index (χ4v) is 3.21. The third-order valence-electron chi connectivity index (χ3n) is 4.60. The van der Waals surface area contributed by atoms with E-state index in [1.807, 2.05) is 0 Å². The molecule has 8 nitrogen and oxygen atoms in total. The number of ether oxygens (including phenoxy) is 2. The third-order valence-corrected chi connectivity index (χ3v) is 4.60. The van der Waals surface area contributed by atoms with Gasteiger partial charge < -0.3 is 24.6 Å². The highest BCUT2D eigenvalue weighted by Gasteiger charge is 2.21. The number of nitrogens with zero attached hydrogens (tertiary/aromatic N) is 5. The number of piperazine rings is 1. The summed E-state index contributed by atoms with van der Waals surface area (Å²) in [7, 11) is 1.74. The van der Waals surface area contributed by atoms with Gasteiger partial charge in [-0.25, -0.2) is 9.97 Å². The van der Waals surface area contributed by atoms with Crippen LogP contribution >= 0.6 is 24.0 Å². The number of nitrogens with one attached hydrogen (secondary N) is 1. The van der Waals surface area contributed by atoms with Gasteiger partial charge in [0.1, 0.15) is 0 Å².